The minimum absolute atomic E-state index is 0.345. The number of ether oxygens (including phenoxy) is 1. The van der Waals surface area contributed by atoms with Gasteiger partial charge >= 0.3 is 5.97 Å². The van der Waals surface area contributed by atoms with E-state index in [1.54, 1.807) is 31.2 Å². The molecule has 0 aromatic heterocycles. The molecule has 1 N–H and O–H groups in total. The van der Waals surface area contributed by atoms with Crippen LogP contribution in [0.4, 0.5) is 0 Å². The lowest BCUT2D eigenvalue weighted by Gasteiger charge is -2.13. The summed E-state index contributed by atoms with van der Waals surface area (Å²) in [6.45, 7) is 3.97. The first kappa shape index (κ1) is 15.5. The summed E-state index contributed by atoms with van der Waals surface area (Å²) in [6, 6.07) is 5.99. The Morgan fingerprint density at radius 1 is 1.37 bits per heavy atom. The molecule has 1 amide bonds. The molecular weight excluding hydrogens is 266 g/mol. The van der Waals surface area contributed by atoms with Crippen LogP contribution in [-0.4, -0.2) is 24.5 Å². The number of hydrogen-bond acceptors (Lipinski definition) is 3. The number of halogens is 1. The van der Waals surface area contributed by atoms with E-state index in [1.165, 1.54) is 0 Å². The van der Waals surface area contributed by atoms with E-state index in [9.17, 15) is 9.59 Å². The third-order valence-corrected chi connectivity index (χ3v) is 2.89. The normalized spacial score (nSPS) is 11.7. The maximum absolute atomic E-state index is 11.9. The van der Waals surface area contributed by atoms with E-state index in [1.807, 2.05) is 6.92 Å². The van der Waals surface area contributed by atoms with Crippen LogP contribution in [0.1, 0.15) is 37.0 Å². The van der Waals surface area contributed by atoms with Crippen LogP contribution in [0, 0.1) is 0 Å². The van der Waals surface area contributed by atoms with Crippen molar-refractivity contribution in [3.63, 3.8) is 0 Å². The van der Waals surface area contributed by atoms with Gasteiger partial charge in [-0.2, -0.15) is 0 Å². The predicted octanol–water partition coefficient (Wildman–Crippen LogP) is 2.80. The smallest absolute Gasteiger partial charge is 0.328 e. The van der Waals surface area contributed by atoms with Crippen molar-refractivity contribution < 1.29 is 14.3 Å². The lowest BCUT2D eigenvalue weighted by molar-refractivity contribution is -0.145. The Labute approximate surface area is 118 Å². The molecule has 1 aromatic carbocycles. The van der Waals surface area contributed by atoms with Gasteiger partial charge in [-0.3, -0.25) is 4.79 Å². The van der Waals surface area contributed by atoms with Crippen molar-refractivity contribution in [1.29, 1.82) is 0 Å². The molecule has 5 heteroatoms. The van der Waals surface area contributed by atoms with Gasteiger partial charge in [0.15, 0.2) is 0 Å². The van der Waals surface area contributed by atoms with Gasteiger partial charge in [0.1, 0.15) is 6.04 Å². The first-order valence-corrected chi connectivity index (χ1v) is 6.66. The maximum atomic E-state index is 11.9. The summed E-state index contributed by atoms with van der Waals surface area (Å²) in [4.78, 5) is 23.5. The summed E-state index contributed by atoms with van der Waals surface area (Å²) in [7, 11) is 0. The molecule has 0 aliphatic rings. The number of nitrogens with one attached hydrogen (secondary N) is 1. The summed E-state index contributed by atoms with van der Waals surface area (Å²) in [5.41, 5.74) is 0.345. The van der Waals surface area contributed by atoms with Crippen LogP contribution in [0.5, 0.6) is 0 Å². The average Bonchev–Trinajstić information content (AvgIpc) is 2.39. The molecule has 104 valence electrons. The first-order chi connectivity index (χ1) is 9.06. The van der Waals surface area contributed by atoms with Gasteiger partial charge in [0.25, 0.3) is 5.91 Å². The first-order valence-electron chi connectivity index (χ1n) is 6.28. The van der Waals surface area contributed by atoms with Crippen molar-refractivity contribution in [2.24, 2.45) is 0 Å². The standard InChI is InChI=1S/C14H18ClNO3/c1-3-4-9-19-14(18)10(2)16-13(17)11-7-5-6-8-12(11)15/h5-8,10H,3-4,9H2,1-2H3,(H,16,17)/t10-/m0/s1. The summed E-state index contributed by atoms with van der Waals surface area (Å²) in [6.07, 6.45) is 1.77. The van der Waals surface area contributed by atoms with E-state index in [4.69, 9.17) is 16.3 Å². The lowest BCUT2D eigenvalue weighted by Crippen LogP contribution is -2.39. The zero-order valence-corrected chi connectivity index (χ0v) is 11.9. The van der Waals surface area contributed by atoms with E-state index in [2.05, 4.69) is 5.32 Å². The number of hydrogen-bond donors (Lipinski definition) is 1. The predicted molar refractivity (Wildman–Crippen MR) is 74.2 cm³/mol. The van der Waals surface area contributed by atoms with Gasteiger partial charge in [-0.15, -0.1) is 0 Å². The van der Waals surface area contributed by atoms with Crippen molar-refractivity contribution in [3.05, 3.63) is 34.9 Å². The van der Waals surface area contributed by atoms with Gasteiger partial charge in [-0.1, -0.05) is 37.1 Å². The molecule has 0 saturated heterocycles. The van der Waals surface area contributed by atoms with Gasteiger partial charge in [0.2, 0.25) is 0 Å². The molecule has 19 heavy (non-hydrogen) atoms. The molecule has 0 aliphatic carbocycles. The van der Waals surface area contributed by atoms with Crippen LogP contribution in [0.2, 0.25) is 5.02 Å². The van der Waals surface area contributed by atoms with Crippen LogP contribution in [0.15, 0.2) is 24.3 Å². The largest absolute Gasteiger partial charge is 0.464 e. The fraction of sp³-hybridized carbons (Fsp3) is 0.429. The Kier molecular flexibility index (Phi) is 6.36. The molecule has 0 spiro atoms. The van der Waals surface area contributed by atoms with Crippen LogP contribution in [0.25, 0.3) is 0 Å². The molecule has 0 fully saturated rings. The lowest BCUT2D eigenvalue weighted by atomic mass is 10.2. The molecule has 4 nitrogen and oxygen atoms in total. The molecule has 1 atom stereocenters. The summed E-state index contributed by atoms with van der Waals surface area (Å²) in [5, 5.41) is 2.92. The zero-order valence-electron chi connectivity index (χ0n) is 11.1. The second-order valence-corrected chi connectivity index (χ2v) is 4.60. The fourth-order valence-corrected chi connectivity index (χ4v) is 1.64. The Balaban J connectivity index is 2.52. The third-order valence-electron chi connectivity index (χ3n) is 2.56. The number of benzene rings is 1. The van der Waals surface area contributed by atoms with Gasteiger partial charge in [-0.05, 0) is 25.5 Å². The SMILES string of the molecule is CCCCOC(=O)[C@H](C)NC(=O)c1ccccc1Cl. The Morgan fingerprint density at radius 3 is 2.68 bits per heavy atom. The van der Waals surface area contributed by atoms with E-state index < -0.39 is 12.0 Å². The number of rotatable bonds is 6. The van der Waals surface area contributed by atoms with Crippen LogP contribution < -0.4 is 5.32 Å². The van der Waals surface area contributed by atoms with Crippen LogP contribution in [-0.2, 0) is 9.53 Å². The molecule has 0 aliphatic heterocycles. The minimum Gasteiger partial charge on any atom is -0.464 e. The Morgan fingerprint density at radius 2 is 2.05 bits per heavy atom. The molecular formula is C14H18ClNO3. The molecule has 0 unspecified atom stereocenters. The Bertz CT molecular complexity index is 448. The van der Waals surface area contributed by atoms with E-state index in [0.29, 0.717) is 17.2 Å². The summed E-state index contributed by atoms with van der Waals surface area (Å²) in [5.74, 6) is -0.820. The van der Waals surface area contributed by atoms with E-state index in [0.717, 1.165) is 12.8 Å². The van der Waals surface area contributed by atoms with E-state index >= 15 is 0 Å². The molecule has 1 rings (SSSR count). The number of esters is 1. The zero-order chi connectivity index (χ0) is 14.3. The Hall–Kier alpha value is -1.55. The molecule has 0 radical (unpaired) electrons. The van der Waals surface area contributed by atoms with Crippen molar-refractivity contribution >= 4 is 23.5 Å². The molecule has 1 aromatic rings. The number of carbonyl (C=O) groups excluding carboxylic acids is 2. The second kappa shape index (κ2) is 7.79. The maximum Gasteiger partial charge on any atom is 0.328 e. The van der Waals surface area contributed by atoms with Crippen LogP contribution >= 0.6 is 11.6 Å². The number of amides is 1. The molecule has 0 heterocycles. The monoisotopic (exact) mass is 283 g/mol. The van der Waals surface area contributed by atoms with Crippen molar-refractivity contribution in [1.82, 2.24) is 5.32 Å². The van der Waals surface area contributed by atoms with Crippen LogP contribution in [0.3, 0.4) is 0 Å². The second-order valence-electron chi connectivity index (χ2n) is 4.20. The van der Waals surface area contributed by atoms with Gasteiger partial charge in [0.05, 0.1) is 17.2 Å². The van der Waals surface area contributed by atoms with Gasteiger partial charge in [-0.25, -0.2) is 4.79 Å². The molecule has 0 bridgehead atoms. The van der Waals surface area contributed by atoms with Gasteiger partial charge in [0, 0.05) is 0 Å². The third kappa shape index (κ3) is 4.91. The highest BCUT2D eigenvalue weighted by Gasteiger charge is 2.18. The van der Waals surface area contributed by atoms with Crippen molar-refractivity contribution in [2.45, 2.75) is 32.7 Å². The fourth-order valence-electron chi connectivity index (χ4n) is 1.42. The number of carbonyl (C=O) groups is 2. The highest BCUT2D eigenvalue weighted by atomic mass is 35.5. The highest BCUT2D eigenvalue weighted by Crippen LogP contribution is 2.14. The van der Waals surface area contributed by atoms with Gasteiger partial charge < -0.3 is 10.1 Å². The summed E-state index contributed by atoms with van der Waals surface area (Å²) >= 11 is 5.91. The number of unbranched alkanes of at least 4 members (excludes halogenated alkanes) is 1. The summed E-state index contributed by atoms with van der Waals surface area (Å²) < 4.78 is 5.02. The van der Waals surface area contributed by atoms with E-state index in [-0.39, 0.29) is 5.91 Å². The average molecular weight is 284 g/mol. The highest BCUT2D eigenvalue weighted by molar-refractivity contribution is 6.33. The van der Waals surface area contributed by atoms with Crippen molar-refractivity contribution in [2.75, 3.05) is 6.61 Å². The molecule has 0 saturated carbocycles. The minimum atomic E-state index is -0.694. The van der Waals surface area contributed by atoms with Crippen molar-refractivity contribution in [3.8, 4) is 0 Å². The quantitative estimate of drug-likeness (QED) is 0.645. The topological polar surface area (TPSA) is 55.4 Å².